The minimum atomic E-state index is -1.32. The Morgan fingerprint density at radius 3 is 2.40 bits per heavy atom. The van der Waals surface area contributed by atoms with Crippen LogP contribution in [-0.2, 0) is 11.2 Å². The van der Waals surface area contributed by atoms with Crippen LogP contribution in [-0.4, -0.2) is 33.0 Å². The second-order valence-corrected chi connectivity index (χ2v) is 5.60. The number of nitrogens with zero attached hydrogens (tertiary/aromatic N) is 1. The molecule has 15 heavy (non-hydrogen) atoms. The van der Waals surface area contributed by atoms with Crippen molar-refractivity contribution in [2.45, 2.75) is 52.0 Å². The Hall–Kier alpha value is -0.220. The van der Waals surface area contributed by atoms with Gasteiger partial charge in [0.1, 0.15) is 5.75 Å². The molecule has 1 aliphatic rings. The van der Waals surface area contributed by atoms with Gasteiger partial charge in [-0.15, -0.1) is 0 Å². The topological polar surface area (TPSA) is 43.4 Å². The van der Waals surface area contributed by atoms with Crippen molar-refractivity contribution in [3.63, 3.8) is 0 Å². The van der Waals surface area contributed by atoms with E-state index in [4.69, 9.17) is 0 Å². The van der Waals surface area contributed by atoms with Gasteiger partial charge in [0.2, 0.25) is 0 Å². The lowest BCUT2D eigenvalue weighted by Crippen LogP contribution is -2.44. The molecule has 1 amide bonds. The second-order valence-electron chi connectivity index (χ2n) is 3.98. The van der Waals surface area contributed by atoms with Gasteiger partial charge in [-0.2, -0.15) is 0 Å². The third kappa shape index (κ3) is 3.38. The molecular weight excluding hydrogens is 210 g/mol. The van der Waals surface area contributed by atoms with E-state index in [0.717, 1.165) is 12.8 Å². The first kappa shape index (κ1) is 12.8. The predicted octanol–water partition coefficient (Wildman–Crippen LogP) is 2.53. The van der Waals surface area contributed by atoms with E-state index in [1.165, 1.54) is 19.3 Å². The van der Waals surface area contributed by atoms with E-state index in [1.54, 1.807) is 6.92 Å². The van der Waals surface area contributed by atoms with Crippen LogP contribution in [0.15, 0.2) is 0 Å². The molecule has 0 heterocycles. The first-order valence-corrected chi connectivity index (χ1v) is 7.21. The van der Waals surface area contributed by atoms with Gasteiger partial charge >= 0.3 is 5.24 Å². The number of carbonyl (C=O) groups excluding carboxylic acids is 1. The molecule has 0 spiro atoms. The Kier molecular flexibility index (Phi) is 5.47. The van der Waals surface area contributed by atoms with E-state index in [-0.39, 0.29) is 5.24 Å². The maximum absolute atomic E-state index is 11.8. The van der Waals surface area contributed by atoms with Crippen LogP contribution in [0.5, 0.6) is 0 Å². The van der Waals surface area contributed by atoms with Gasteiger partial charge < -0.3 is 4.55 Å². The van der Waals surface area contributed by atoms with Gasteiger partial charge in [0.25, 0.3) is 0 Å². The Morgan fingerprint density at radius 1 is 1.33 bits per heavy atom. The molecule has 1 unspecified atom stereocenters. The van der Waals surface area contributed by atoms with Gasteiger partial charge in [-0.25, -0.2) is 4.79 Å². The van der Waals surface area contributed by atoms with Crippen LogP contribution >= 0.6 is 0 Å². The SMILES string of the molecule is CCN(C(=O)[S+]([O-])CC)C1CCCCC1. The third-order valence-electron chi connectivity index (χ3n) is 3.05. The summed E-state index contributed by atoms with van der Waals surface area (Å²) < 4.78 is 11.5. The lowest BCUT2D eigenvalue weighted by atomic mass is 9.94. The van der Waals surface area contributed by atoms with Crippen LogP contribution in [0.4, 0.5) is 4.79 Å². The zero-order chi connectivity index (χ0) is 11.3. The van der Waals surface area contributed by atoms with E-state index >= 15 is 0 Å². The van der Waals surface area contributed by atoms with Crippen molar-refractivity contribution >= 4 is 16.4 Å². The monoisotopic (exact) mass is 231 g/mol. The first-order chi connectivity index (χ1) is 7.20. The molecule has 0 N–H and O–H groups in total. The number of rotatable bonds is 3. The molecule has 0 aromatic rings. The summed E-state index contributed by atoms with van der Waals surface area (Å²) in [6.45, 7) is 4.46. The number of amides is 1. The summed E-state index contributed by atoms with van der Waals surface area (Å²) in [7, 11) is 0. The maximum atomic E-state index is 11.8. The van der Waals surface area contributed by atoms with Crippen molar-refractivity contribution in [3.05, 3.63) is 0 Å². The minimum absolute atomic E-state index is 0.160. The highest BCUT2D eigenvalue weighted by Gasteiger charge is 2.30. The van der Waals surface area contributed by atoms with Crippen molar-refractivity contribution in [2.75, 3.05) is 12.3 Å². The Morgan fingerprint density at radius 2 is 1.93 bits per heavy atom. The molecule has 3 nitrogen and oxygen atoms in total. The van der Waals surface area contributed by atoms with Gasteiger partial charge in [0.15, 0.2) is 0 Å². The van der Waals surface area contributed by atoms with Gasteiger partial charge in [-0.3, -0.25) is 4.90 Å². The highest BCUT2D eigenvalue weighted by molar-refractivity contribution is 8.05. The number of hydrogen-bond acceptors (Lipinski definition) is 2. The summed E-state index contributed by atoms with van der Waals surface area (Å²) in [6, 6.07) is 0.340. The maximum Gasteiger partial charge on any atom is 0.429 e. The zero-order valence-electron chi connectivity index (χ0n) is 9.70. The quantitative estimate of drug-likeness (QED) is 0.700. The summed E-state index contributed by atoms with van der Waals surface area (Å²) in [5.74, 6) is 0.433. The summed E-state index contributed by atoms with van der Waals surface area (Å²) in [5, 5.41) is -0.160. The molecule has 0 bridgehead atoms. The molecule has 0 radical (unpaired) electrons. The number of hydrogen-bond donors (Lipinski definition) is 0. The molecule has 0 aromatic carbocycles. The van der Waals surface area contributed by atoms with Crippen LogP contribution in [0.1, 0.15) is 46.0 Å². The number of carbonyl (C=O) groups is 1. The molecule has 88 valence electrons. The normalized spacial score (nSPS) is 19.9. The van der Waals surface area contributed by atoms with Gasteiger partial charge in [0, 0.05) is 23.8 Å². The summed E-state index contributed by atoms with van der Waals surface area (Å²) >= 11 is -1.32. The van der Waals surface area contributed by atoms with Crippen molar-refractivity contribution in [3.8, 4) is 0 Å². The minimum Gasteiger partial charge on any atom is -0.608 e. The Labute approximate surface area is 95.4 Å². The molecule has 0 aliphatic heterocycles. The molecule has 0 aromatic heterocycles. The molecule has 0 saturated heterocycles. The molecule has 1 atom stereocenters. The molecule has 1 aliphatic carbocycles. The standard InChI is InChI=1S/C11H21NO2S/c1-3-12(11(13)15(14)4-2)10-8-6-5-7-9-10/h10H,3-9H2,1-2H3. The summed E-state index contributed by atoms with van der Waals surface area (Å²) in [5.41, 5.74) is 0. The highest BCUT2D eigenvalue weighted by atomic mass is 32.2. The van der Waals surface area contributed by atoms with Crippen molar-refractivity contribution in [1.82, 2.24) is 4.90 Å². The first-order valence-electron chi connectivity index (χ1n) is 5.89. The molecule has 4 heteroatoms. The average Bonchev–Trinajstić information content (AvgIpc) is 2.30. The summed E-state index contributed by atoms with van der Waals surface area (Å²) in [6.07, 6.45) is 5.85. The van der Waals surface area contributed by atoms with Gasteiger partial charge in [-0.05, 0) is 26.7 Å². The fraction of sp³-hybridized carbons (Fsp3) is 0.909. The molecular formula is C11H21NO2S. The summed E-state index contributed by atoms with van der Waals surface area (Å²) in [4.78, 5) is 13.6. The van der Waals surface area contributed by atoms with E-state index in [2.05, 4.69) is 0 Å². The van der Waals surface area contributed by atoms with Crippen LogP contribution < -0.4 is 0 Å². The third-order valence-corrected chi connectivity index (χ3v) is 4.20. The Balaban J connectivity index is 2.56. The van der Waals surface area contributed by atoms with Crippen LogP contribution in [0.2, 0.25) is 0 Å². The van der Waals surface area contributed by atoms with E-state index in [1.807, 2.05) is 11.8 Å². The van der Waals surface area contributed by atoms with E-state index < -0.39 is 11.2 Å². The fourth-order valence-corrected chi connectivity index (χ4v) is 2.97. The average molecular weight is 231 g/mol. The van der Waals surface area contributed by atoms with Crippen molar-refractivity contribution in [2.24, 2.45) is 0 Å². The van der Waals surface area contributed by atoms with Crippen LogP contribution in [0.3, 0.4) is 0 Å². The van der Waals surface area contributed by atoms with Crippen molar-refractivity contribution in [1.29, 1.82) is 0 Å². The lowest BCUT2D eigenvalue weighted by molar-refractivity contribution is 0.180. The van der Waals surface area contributed by atoms with Crippen LogP contribution in [0.25, 0.3) is 0 Å². The predicted molar refractivity (Wildman–Crippen MR) is 63.3 cm³/mol. The smallest absolute Gasteiger partial charge is 0.429 e. The zero-order valence-corrected chi connectivity index (χ0v) is 10.5. The van der Waals surface area contributed by atoms with Gasteiger partial charge in [0.05, 0.1) is 0 Å². The highest BCUT2D eigenvalue weighted by Crippen LogP contribution is 2.23. The van der Waals surface area contributed by atoms with Gasteiger partial charge in [-0.1, -0.05) is 19.3 Å². The van der Waals surface area contributed by atoms with E-state index in [0.29, 0.717) is 18.3 Å². The van der Waals surface area contributed by atoms with Crippen LogP contribution in [0, 0.1) is 0 Å². The second kappa shape index (κ2) is 6.38. The Bertz CT molecular complexity index is 205. The largest absolute Gasteiger partial charge is 0.608 e. The molecule has 1 rings (SSSR count). The van der Waals surface area contributed by atoms with E-state index in [9.17, 15) is 9.35 Å². The fourth-order valence-electron chi connectivity index (χ4n) is 2.18. The van der Waals surface area contributed by atoms with Crippen molar-refractivity contribution < 1.29 is 9.35 Å². The lowest BCUT2D eigenvalue weighted by Gasteiger charge is -2.32. The molecule has 1 fully saturated rings. The molecule has 1 saturated carbocycles.